The molecule has 0 aliphatic heterocycles. The molecule has 0 spiro atoms. The summed E-state index contributed by atoms with van der Waals surface area (Å²) in [5.41, 5.74) is 3.54. The predicted octanol–water partition coefficient (Wildman–Crippen LogP) is 3.65. The molecule has 126 valence electrons. The number of non-ortho nitro benzene ring substituents is 1. The third kappa shape index (κ3) is 4.55. The van der Waals surface area contributed by atoms with Gasteiger partial charge in [0.05, 0.1) is 4.92 Å². The minimum absolute atomic E-state index is 0.0791. The van der Waals surface area contributed by atoms with Crippen molar-refractivity contribution in [1.29, 1.82) is 0 Å². The maximum atomic E-state index is 12.0. The second kappa shape index (κ2) is 7.59. The third-order valence-corrected chi connectivity index (χ3v) is 3.54. The van der Waals surface area contributed by atoms with Crippen molar-refractivity contribution in [3.8, 4) is 0 Å². The molecule has 2 N–H and O–H groups in total. The molecule has 0 aromatic heterocycles. The van der Waals surface area contributed by atoms with Crippen LogP contribution in [0.15, 0.2) is 42.5 Å². The predicted molar refractivity (Wildman–Crippen MR) is 94.2 cm³/mol. The topological polar surface area (TPSA) is 84.3 Å². The maximum absolute atomic E-state index is 12.0. The number of amides is 1. The zero-order chi connectivity index (χ0) is 17.7. The van der Waals surface area contributed by atoms with Crippen molar-refractivity contribution in [2.24, 2.45) is 0 Å². The fourth-order valence-corrected chi connectivity index (χ4v) is 2.28. The van der Waals surface area contributed by atoms with Gasteiger partial charge in [-0.1, -0.05) is 12.1 Å². The molecule has 0 atom stereocenters. The minimum Gasteiger partial charge on any atom is -0.381 e. The van der Waals surface area contributed by atoms with E-state index in [0.717, 1.165) is 16.8 Å². The van der Waals surface area contributed by atoms with Crippen molar-refractivity contribution in [1.82, 2.24) is 5.32 Å². The summed E-state index contributed by atoms with van der Waals surface area (Å²) in [4.78, 5) is 22.2. The average molecular weight is 327 g/mol. The largest absolute Gasteiger partial charge is 0.381 e. The number of nitrogens with one attached hydrogen (secondary N) is 2. The molecule has 2 rings (SSSR count). The number of nitrogens with zero attached hydrogens (tertiary/aromatic N) is 1. The average Bonchev–Trinajstić information content (AvgIpc) is 2.53. The summed E-state index contributed by atoms with van der Waals surface area (Å²) in [6.45, 7) is 6.33. The molecule has 2 aromatic carbocycles. The molecule has 2 aromatic rings. The highest BCUT2D eigenvalue weighted by Crippen LogP contribution is 2.19. The minimum atomic E-state index is -0.414. The molecule has 0 bridgehead atoms. The standard InChI is InChI=1S/C18H21N3O3/c1-12(2)20-18(22)15-6-9-17(13(3)10-15)19-11-14-4-7-16(8-5-14)21(23)24/h4-10,12,19H,11H2,1-3H3,(H,20,22). The van der Waals surface area contributed by atoms with E-state index in [1.807, 2.05) is 32.9 Å². The Labute approximate surface area is 141 Å². The van der Waals surface area contributed by atoms with Crippen molar-refractivity contribution in [2.45, 2.75) is 33.4 Å². The molecule has 0 radical (unpaired) electrons. The van der Waals surface area contributed by atoms with Crippen LogP contribution in [0.5, 0.6) is 0 Å². The van der Waals surface area contributed by atoms with E-state index in [2.05, 4.69) is 10.6 Å². The molecule has 24 heavy (non-hydrogen) atoms. The molecule has 1 amide bonds. The highest BCUT2D eigenvalue weighted by molar-refractivity contribution is 5.95. The van der Waals surface area contributed by atoms with Gasteiger partial charge in [-0.05, 0) is 50.1 Å². The van der Waals surface area contributed by atoms with E-state index in [0.29, 0.717) is 12.1 Å². The first kappa shape index (κ1) is 17.5. The molecular weight excluding hydrogens is 306 g/mol. The molecule has 0 aliphatic carbocycles. The van der Waals surface area contributed by atoms with Crippen LogP contribution in [0.1, 0.15) is 35.3 Å². The number of hydrogen-bond donors (Lipinski definition) is 2. The lowest BCUT2D eigenvalue weighted by atomic mass is 10.1. The summed E-state index contributed by atoms with van der Waals surface area (Å²) in [7, 11) is 0. The van der Waals surface area contributed by atoms with Gasteiger partial charge in [0.15, 0.2) is 0 Å². The van der Waals surface area contributed by atoms with Gasteiger partial charge in [0.25, 0.3) is 11.6 Å². The van der Waals surface area contributed by atoms with E-state index in [1.165, 1.54) is 12.1 Å². The number of nitro groups is 1. The van der Waals surface area contributed by atoms with Gasteiger partial charge in [0, 0.05) is 36.0 Å². The van der Waals surface area contributed by atoms with Crippen molar-refractivity contribution >= 4 is 17.3 Å². The molecule has 0 saturated carbocycles. The maximum Gasteiger partial charge on any atom is 0.269 e. The first-order chi connectivity index (χ1) is 11.4. The first-order valence-corrected chi connectivity index (χ1v) is 7.75. The Kier molecular flexibility index (Phi) is 5.52. The van der Waals surface area contributed by atoms with Crippen LogP contribution in [-0.4, -0.2) is 16.9 Å². The van der Waals surface area contributed by atoms with Gasteiger partial charge >= 0.3 is 0 Å². The van der Waals surface area contributed by atoms with Gasteiger partial charge in [0.1, 0.15) is 0 Å². The lowest BCUT2D eigenvalue weighted by Crippen LogP contribution is -2.30. The van der Waals surface area contributed by atoms with Crippen molar-refractivity contribution in [3.63, 3.8) is 0 Å². The summed E-state index contributed by atoms with van der Waals surface area (Å²) in [6.07, 6.45) is 0. The first-order valence-electron chi connectivity index (χ1n) is 7.75. The summed E-state index contributed by atoms with van der Waals surface area (Å²) >= 11 is 0. The molecule has 0 heterocycles. The zero-order valence-corrected chi connectivity index (χ0v) is 14.0. The number of anilines is 1. The van der Waals surface area contributed by atoms with Crippen molar-refractivity contribution < 1.29 is 9.72 Å². The van der Waals surface area contributed by atoms with Crippen LogP contribution >= 0.6 is 0 Å². The van der Waals surface area contributed by atoms with E-state index >= 15 is 0 Å². The van der Waals surface area contributed by atoms with Gasteiger partial charge in [-0.15, -0.1) is 0 Å². The molecule has 0 fully saturated rings. The van der Waals surface area contributed by atoms with Gasteiger partial charge < -0.3 is 10.6 Å². The zero-order valence-electron chi connectivity index (χ0n) is 14.0. The fraction of sp³-hybridized carbons (Fsp3) is 0.278. The normalized spacial score (nSPS) is 10.5. The Hall–Kier alpha value is -2.89. The number of nitro benzene ring substituents is 1. The Morgan fingerprint density at radius 2 is 1.83 bits per heavy atom. The van der Waals surface area contributed by atoms with E-state index in [4.69, 9.17) is 0 Å². The Morgan fingerprint density at radius 1 is 1.17 bits per heavy atom. The van der Waals surface area contributed by atoms with Crippen molar-refractivity contribution in [2.75, 3.05) is 5.32 Å². The Morgan fingerprint density at radius 3 is 2.38 bits per heavy atom. The number of benzene rings is 2. The van der Waals surface area contributed by atoms with E-state index in [1.54, 1.807) is 18.2 Å². The van der Waals surface area contributed by atoms with Crippen molar-refractivity contribution in [3.05, 3.63) is 69.3 Å². The quantitative estimate of drug-likeness (QED) is 0.626. The number of rotatable bonds is 6. The third-order valence-electron chi connectivity index (χ3n) is 3.54. The van der Waals surface area contributed by atoms with E-state index < -0.39 is 4.92 Å². The lowest BCUT2D eigenvalue weighted by Gasteiger charge is -2.12. The number of hydrogen-bond acceptors (Lipinski definition) is 4. The second-order valence-electron chi connectivity index (χ2n) is 5.93. The summed E-state index contributed by atoms with van der Waals surface area (Å²) in [6, 6.07) is 12.0. The SMILES string of the molecule is Cc1cc(C(=O)NC(C)C)ccc1NCc1ccc([N+](=O)[O-])cc1. The smallest absolute Gasteiger partial charge is 0.269 e. The van der Waals surface area contributed by atoms with Crippen LogP contribution in [0, 0.1) is 17.0 Å². The molecule has 0 aliphatic rings. The Balaban J connectivity index is 2.02. The number of carbonyl (C=O) groups is 1. The molecule has 0 saturated heterocycles. The molecular formula is C18H21N3O3. The monoisotopic (exact) mass is 327 g/mol. The van der Waals surface area contributed by atoms with Crippen LogP contribution in [0.2, 0.25) is 0 Å². The second-order valence-corrected chi connectivity index (χ2v) is 5.93. The van der Waals surface area contributed by atoms with Gasteiger partial charge in [-0.25, -0.2) is 0 Å². The van der Waals surface area contributed by atoms with E-state index in [-0.39, 0.29) is 17.6 Å². The van der Waals surface area contributed by atoms with Crippen LogP contribution < -0.4 is 10.6 Å². The van der Waals surface area contributed by atoms with Crippen LogP contribution in [-0.2, 0) is 6.54 Å². The van der Waals surface area contributed by atoms with Gasteiger partial charge in [0.2, 0.25) is 0 Å². The summed E-state index contributed by atoms with van der Waals surface area (Å²) in [5.74, 6) is -0.0879. The van der Waals surface area contributed by atoms with Gasteiger partial charge in [-0.2, -0.15) is 0 Å². The van der Waals surface area contributed by atoms with E-state index in [9.17, 15) is 14.9 Å². The lowest BCUT2D eigenvalue weighted by molar-refractivity contribution is -0.384. The summed E-state index contributed by atoms with van der Waals surface area (Å²) < 4.78 is 0. The summed E-state index contributed by atoms with van der Waals surface area (Å²) in [5, 5.41) is 16.8. The van der Waals surface area contributed by atoms with Crippen LogP contribution in [0.3, 0.4) is 0 Å². The number of carbonyl (C=O) groups excluding carboxylic acids is 1. The highest BCUT2D eigenvalue weighted by atomic mass is 16.6. The van der Waals surface area contributed by atoms with Crippen LogP contribution in [0.4, 0.5) is 11.4 Å². The number of aryl methyl sites for hydroxylation is 1. The molecule has 6 nitrogen and oxygen atoms in total. The fourth-order valence-electron chi connectivity index (χ4n) is 2.28. The Bertz CT molecular complexity index is 740. The van der Waals surface area contributed by atoms with Crippen LogP contribution in [0.25, 0.3) is 0 Å². The molecule has 6 heteroatoms. The molecule has 0 unspecified atom stereocenters. The highest BCUT2D eigenvalue weighted by Gasteiger charge is 2.09. The van der Waals surface area contributed by atoms with Gasteiger partial charge in [-0.3, -0.25) is 14.9 Å².